The summed E-state index contributed by atoms with van der Waals surface area (Å²) in [7, 11) is 0. The summed E-state index contributed by atoms with van der Waals surface area (Å²) in [4.78, 5) is 12.1. The fraction of sp³-hybridized carbons (Fsp3) is 0.357. The number of carbonyl (C=O) groups is 1. The molecule has 0 saturated carbocycles. The van der Waals surface area contributed by atoms with Crippen LogP contribution < -0.4 is 4.31 Å². The van der Waals surface area contributed by atoms with Gasteiger partial charge in [-0.15, -0.1) is 0 Å². The Hall–Kier alpha value is -1.22. The predicted molar refractivity (Wildman–Crippen MR) is 76.1 cm³/mol. The Kier molecular flexibility index (Phi) is 5.29. The highest BCUT2D eigenvalue weighted by atomic mass is 32.2. The van der Waals surface area contributed by atoms with Crippen molar-refractivity contribution in [2.75, 3.05) is 4.31 Å². The summed E-state index contributed by atoms with van der Waals surface area (Å²) in [5.74, 6) is -0.0264. The molecule has 92 valence electrons. The lowest BCUT2D eigenvalue weighted by molar-refractivity contribution is -0.113. The fourth-order valence-corrected chi connectivity index (χ4v) is 2.22. The van der Waals surface area contributed by atoms with Crippen molar-refractivity contribution in [2.45, 2.75) is 32.4 Å². The molecule has 0 aliphatic carbocycles. The van der Waals surface area contributed by atoms with Crippen LogP contribution in [0.5, 0.6) is 0 Å². The van der Waals surface area contributed by atoms with Crippen molar-refractivity contribution >= 4 is 23.5 Å². The molecule has 0 saturated heterocycles. The minimum Gasteiger partial charge on any atom is -0.268 e. The number of rotatable bonds is 5. The minimum absolute atomic E-state index is 0.0264. The van der Waals surface area contributed by atoms with E-state index in [1.54, 1.807) is 23.2 Å². The molecular formula is C14H19NOS. The maximum atomic E-state index is 12.1. The van der Waals surface area contributed by atoms with E-state index in [9.17, 15) is 4.79 Å². The second kappa shape index (κ2) is 6.50. The van der Waals surface area contributed by atoms with Gasteiger partial charge in [-0.2, -0.15) is 0 Å². The molecule has 1 amide bonds. The van der Waals surface area contributed by atoms with Crippen molar-refractivity contribution in [2.24, 2.45) is 0 Å². The van der Waals surface area contributed by atoms with E-state index >= 15 is 0 Å². The molecule has 3 heteroatoms. The normalized spacial score (nSPS) is 11.9. The Labute approximate surface area is 108 Å². The van der Waals surface area contributed by atoms with E-state index in [2.05, 4.69) is 20.4 Å². The van der Waals surface area contributed by atoms with Crippen molar-refractivity contribution in [3.8, 4) is 0 Å². The maximum Gasteiger partial charge on any atom is 0.263 e. The quantitative estimate of drug-likeness (QED) is 0.580. The molecule has 1 atom stereocenters. The topological polar surface area (TPSA) is 20.3 Å². The molecule has 0 bridgehead atoms. The van der Waals surface area contributed by atoms with E-state index in [-0.39, 0.29) is 5.91 Å². The van der Waals surface area contributed by atoms with Crippen molar-refractivity contribution in [1.29, 1.82) is 0 Å². The first-order valence-electron chi connectivity index (χ1n) is 5.78. The number of carbonyl (C=O) groups excluding carboxylic acids is 1. The van der Waals surface area contributed by atoms with Gasteiger partial charge in [0.2, 0.25) is 0 Å². The first-order valence-corrected chi connectivity index (χ1v) is 6.61. The second-order valence-corrected chi connectivity index (χ2v) is 5.42. The van der Waals surface area contributed by atoms with Crippen molar-refractivity contribution in [1.82, 2.24) is 0 Å². The highest BCUT2D eigenvalue weighted by Gasteiger charge is 2.19. The monoisotopic (exact) mass is 249 g/mol. The van der Waals surface area contributed by atoms with E-state index in [1.807, 2.05) is 30.3 Å². The zero-order chi connectivity index (χ0) is 12.8. The zero-order valence-electron chi connectivity index (χ0n) is 10.6. The lowest BCUT2D eigenvalue weighted by Gasteiger charge is -2.24. The van der Waals surface area contributed by atoms with Crippen LogP contribution in [0.15, 0.2) is 42.5 Å². The van der Waals surface area contributed by atoms with Gasteiger partial charge in [0.15, 0.2) is 0 Å². The zero-order valence-corrected chi connectivity index (χ0v) is 11.5. The molecule has 0 spiro atoms. The molecule has 1 aromatic rings. The molecule has 1 rings (SSSR count). The molecular weight excluding hydrogens is 230 g/mol. The van der Waals surface area contributed by atoms with Crippen LogP contribution in [0, 0.1) is 0 Å². The molecule has 1 aromatic carbocycles. The Morgan fingerprint density at radius 3 is 2.47 bits per heavy atom. The van der Waals surface area contributed by atoms with Gasteiger partial charge in [-0.05, 0) is 37.4 Å². The van der Waals surface area contributed by atoms with Crippen LogP contribution >= 0.6 is 11.9 Å². The summed E-state index contributed by atoms with van der Waals surface area (Å²) in [6.07, 6.45) is 1.03. The molecule has 1 unspecified atom stereocenters. The summed E-state index contributed by atoms with van der Waals surface area (Å²) in [5.41, 5.74) is 1.47. The molecule has 0 aliphatic heterocycles. The van der Waals surface area contributed by atoms with Crippen LogP contribution in [0.2, 0.25) is 0 Å². The Bertz CT molecular complexity index is 388. The van der Waals surface area contributed by atoms with Crippen molar-refractivity contribution in [3.05, 3.63) is 42.5 Å². The number of nitrogens with zero attached hydrogens (tertiary/aromatic N) is 1. The van der Waals surface area contributed by atoms with Gasteiger partial charge in [-0.1, -0.05) is 38.6 Å². The second-order valence-electron chi connectivity index (χ2n) is 4.04. The van der Waals surface area contributed by atoms with Gasteiger partial charge >= 0.3 is 0 Å². The van der Waals surface area contributed by atoms with E-state index in [1.165, 1.54) is 0 Å². The van der Waals surface area contributed by atoms with Crippen molar-refractivity contribution in [3.63, 3.8) is 0 Å². The lowest BCUT2D eigenvalue weighted by Crippen LogP contribution is -2.26. The van der Waals surface area contributed by atoms with Gasteiger partial charge in [-0.3, -0.25) is 9.10 Å². The average molecular weight is 249 g/mol. The molecule has 0 heterocycles. The number of hydrogen-bond acceptors (Lipinski definition) is 2. The maximum absolute atomic E-state index is 12.1. The molecule has 0 N–H and O–H groups in total. The number of anilines is 1. The van der Waals surface area contributed by atoms with Gasteiger partial charge in [0.25, 0.3) is 5.91 Å². The third-order valence-corrected chi connectivity index (χ3v) is 3.68. The average Bonchev–Trinajstić information content (AvgIpc) is 2.35. The molecule has 0 fully saturated rings. The summed E-state index contributed by atoms with van der Waals surface area (Å²) >= 11 is 1.56. The minimum atomic E-state index is -0.0264. The van der Waals surface area contributed by atoms with Crippen molar-refractivity contribution < 1.29 is 4.79 Å². The smallest absolute Gasteiger partial charge is 0.263 e. The van der Waals surface area contributed by atoms with E-state index < -0.39 is 0 Å². The number of hydrogen-bond donors (Lipinski definition) is 0. The van der Waals surface area contributed by atoms with Crippen LogP contribution in [0.3, 0.4) is 0 Å². The van der Waals surface area contributed by atoms with Gasteiger partial charge in [0.1, 0.15) is 0 Å². The summed E-state index contributed by atoms with van der Waals surface area (Å²) in [5, 5.41) is 0.401. The molecule has 0 aromatic heterocycles. The van der Waals surface area contributed by atoms with Crippen LogP contribution in [-0.2, 0) is 4.79 Å². The molecule has 0 radical (unpaired) electrons. The summed E-state index contributed by atoms with van der Waals surface area (Å²) in [6.45, 7) is 9.71. The first-order chi connectivity index (χ1) is 8.06. The third-order valence-electron chi connectivity index (χ3n) is 2.40. The van der Waals surface area contributed by atoms with E-state index in [0.717, 1.165) is 12.1 Å². The lowest BCUT2D eigenvalue weighted by atomic mass is 10.3. The van der Waals surface area contributed by atoms with Gasteiger partial charge < -0.3 is 0 Å². The molecule has 0 aliphatic rings. The standard InChI is InChI=1S/C14H19NOS/c1-5-12(4)17-15(14(16)11(2)3)13-9-7-6-8-10-13/h6-10,12H,2,5H2,1,3-4H3. The molecule has 17 heavy (non-hydrogen) atoms. The van der Waals surface area contributed by atoms with Crippen LogP contribution in [0.4, 0.5) is 5.69 Å². The molecule has 2 nitrogen and oxygen atoms in total. The van der Waals surface area contributed by atoms with Gasteiger partial charge in [-0.25, -0.2) is 0 Å². The number of amides is 1. The van der Waals surface area contributed by atoms with Gasteiger partial charge in [0, 0.05) is 10.8 Å². The van der Waals surface area contributed by atoms with Gasteiger partial charge in [0.05, 0.1) is 5.69 Å². The SMILES string of the molecule is C=C(C)C(=O)N(SC(C)CC)c1ccccc1. The fourth-order valence-electron chi connectivity index (χ4n) is 1.22. The number of benzene rings is 1. The third kappa shape index (κ3) is 3.93. The first kappa shape index (κ1) is 13.8. The Morgan fingerprint density at radius 2 is 2.00 bits per heavy atom. The highest BCUT2D eigenvalue weighted by Crippen LogP contribution is 2.28. The van der Waals surface area contributed by atoms with Crippen LogP contribution in [-0.4, -0.2) is 11.2 Å². The Balaban J connectivity index is 2.94. The largest absolute Gasteiger partial charge is 0.268 e. The number of para-hydroxylation sites is 1. The predicted octanol–water partition coefficient (Wildman–Crippen LogP) is 4.04. The highest BCUT2D eigenvalue weighted by molar-refractivity contribution is 8.01. The summed E-state index contributed by atoms with van der Waals surface area (Å²) < 4.78 is 1.73. The van der Waals surface area contributed by atoms with Crippen LogP contribution in [0.25, 0.3) is 0 Å². The van der Waals surface area contributed by atoms with Crippen LogP contribution in [0.1, 0.15) is 27.2 Å². The van der Waals surface area contributed by atoms with E-state index in [4.69, 9.17) is 0 Å². The van der Waals surface area contributed by atoms with E-state index in [0.29, 0.717) is 10.8 Å². The summed E-state index contributed by atoms with van der Waals surface area (Å²) in [6, 6.07) is 9.70. The Morgan fingerprint density at radius 1 is 1.41 bits per heavy atom.